The Morgan fingerprint density at radius 1 is 1.14 bits per heavy atom. The topological polar surface area (TPSA) is 80.8 Å². The Morgan fingerprint density at radius 3 is 2.68 bits per heavy atom. The maximum Gasteiger partial charge on any atom is 0.338 e. The first-order chi connectivity index (χ1) is 13.5. The number of hydrogen-bond donors (Lipinski definition) is 1. The number of rotatable bonds is 5. The lowest BCUT2D eigenvalue weighted by Gasteiger charge is -2.08. The van der Waals surface area contributed by atoms with Gasteiger partial charge in [-0.2, -0.15) is 0 Å². The second-order valence-corrected chi connectivity index (χ2v) is 7.85. The second-order valence-electron chi connectivity index (χ2n) is 6.91. The molecule has 0 saturated carbocycles. The Labute approximate surface area is 166 Å². The van der Waals surface area contributed by atoms with Crippen molar-refractivity contribution in [3.8, 4) is 0 Å². The summed E-state index contributed by atoms with van der Waals surface area (Å²) in [6.45, 7) is 5.72. The fraction of sp³-hybridized carbons (Fsp3) is 0.238. The first kappa shape index (κ1) is 18.4. The minimum atomic E-state index is -0.304. The summed E-state index contributed by atoms with van der Waals surface area (Å²) in [6.07, 6.45) is -0.129. The number of carbonyl (C=O) groups excluding carboxylic acids is 1. The van der Waals surface area contributed by atoms with Crippen LogP contribution in [-0.2, 0) is 10.5 Å². The summed E-state index contributed by atoms with van der Waals surface area (Å²) in [5.74, 6) is 0.382. The highest BCUT2D eigenvalue weighted by molar-refractivity contribution is 7.98. The predicted octanol–water partition coefficient (Wildman–Crippen LogP) is 4.67. The number of fused-ring (bicyclic) bond motifs is 3. The summed E-state index contributed by atoms with van der Waals surface area (Å²) >= 11 is 1.51. The Balaban J connectivity index is 1.48. The van der Waals surface area contributed by atoms with Gasteiger partial charge in [-0.05, 0) is 50.6 Å². The summed E-state index contributed by atoms with van der Waals surface area (Å²) in [7, 11) is 0. The number of aromatic nitrogens is 4. The van der Waals surface area contributed by atoms with Gasteiger partial charge in [0.15, 0.2) is 5.65 Å². The highest BCUT2D eigenvalue weighted by Gasteiger charge is 2.11. The highest BCUT2D eigenvalue weighted by atomic mass is 32.2. The van der Waals surface area contributed by atoms with Crippen LogP contribution in [0.2, 0.25) is 0 Å². The van der Waals surface area contributed by atoms with Gasteiger partial charge in [-0.1, -0.05) is 35.5 Å². The molecule has 0 unspecified atom stereocenters. The fourth-order valence-corrected chi connectivity index (χ4v) is 3.64. The maximum atomic E-state index is 11.9. The first-order valence-corrected chi connectivity index (χ1v) is 10.0. The molecule has 0 amide bonds. The van der Waals surface area contributed by atoms with Crippen LogP contribution < -0.4 is 0 Å². The minimum absolute atomic E-state index is 0.129. The number of nitrogens with one attached hydrogen (secondary N) is 1. The van der Waals surface area contributed by atoms with E-state index in [-0.39, 0.29) is 12.1 Å². The largest absolute Gasteiger partial charge is 0.459 e. The molecule has 2 aromatic carbocycles. The Kier molecular flexibility index (Phi) is 5.00. The molecule has 0 fully saturated rings. The summed E-state index contributed by atoms with van der Waals surface area (Å²) in [4.78, 5) is 19.8. The Morgan fingerprint density at radius 2 is 1.93 bits per heavy atom. The van der Waals surface area contributed by atoms with Gasteiger partial charge in [0.25, 0.3) is 0 Å². The van der Waals surface area contributed by atoms with Crippen molar-refractivity contribution in [2.75, 3.05) is 0 Å². The molecule has 1 N–H and O–H groups in total. The van der Waals surface area contributed by atoms with Crippen molar-refractivity contribution in [1.82, 2.24) is 20.2 Å². The van der Waals surface area contributed by atoms with Gasteiger partial charge in [-0.15, -0.1) is 10.2 Å². The van der Waals surface area contributed by atoms with Gasteiger partial charge in [-0.3, -0.25) is 0 Å². The van der Waals surface area contributed by atoms with Gasteiger partial charge in [0.1, 0.15) is 5.52 Å². The molecule has 4 aromatic rings. The minimum Gasteiger partial charge on any atom is -0.459 e. The van der Waals surface area contributed by atoms with Crippen LogP contribution in [-0.4, -0.2) is 32.2 Å². The highest BCUT2D eigenvalue weighted by Crippen LogP contribution is 2.25. The van der Waals surface area contributed by atoms with Crippen molar-refractivity contribution in [1.29, 1.82) is 0 Å². The van der Waals surface area contributed by atoms with Crippen LogP contribution in [0.3, 0.4) is 0 Å². The van der Waals surface area contributed by atoms with Crippen LogP contribution in [0.4, 0.5) is 0 Å². The molecule has 2 heterocycles. The third kappa shape index (κ3) is 3.84. The Bertz CT molecular complexity index is 1150. The van der Waals surface area contributed by atoms with Crippen LogP contribution in [0, 0.1) is 6.92 Å². The monoisotopic (exact) mass is 392 g/mol. The summed E-state index contributed by atoms with van der Waals surface area (Å²) in [5, 5.41) is 10.3. The van der Waals surface area contributed by atoms with Crippen molar-refractivity contribution >= 4 is 39.8 Å². The molecule has 0 bridgehead atoms. The van der Waals surface area contributed by atoms with Gasteiger partial charge in [0.05, 0.1) is 11.7 Å². The van der Waals surface area contributed by atoms with Gasteiger partial charge in [-0.25, -0.2) is 9.78 Å². The van der Waals surface area contributed by atoms with E-state index in [1.807, 2.05) is 32.0 Å². The van der Waals surface area contributed by atoms with Gasteiger partial charge < -0.3 is 9.72 Å². The molecule has 4 rings (SSSR count). The zero-order valence-electron chi connectivity index (χ0n) is 15.9. The molecule has 0 radical (unpaired) electrons. The molecule has 0 aliphatic carbocycles. The first-order valence-electron chi connectivity index (χ1n) is 9.05. The molecule has 0 atom stereocenters. The fourth-order valence-electron chi connectivity index (χ4n) is 2.90. The van der Waals surface area contributed by atoms with E-state index in [2.05, 4.69) is 39.2 Å². The van der Waals surface area contributed by atoms with Crippen LogP contribution in [0.1, 0.15) is 35.3 Å². The molecule has 0 aliphatic rings. The summed E-state index contributed by atoms with van der Waals surface area (Å²) in [6, 6.07) is 13.6. The number of nitrogens with zero attached hydrogens (tertiary/aromatic N) is 3. The molecule has 0 spiro atoms. The zero-order chi connectivity index (χ0) is 19.7. The van der Waals surface area contributed by atoms with Gasteiger partial charge in [0.2, 0.25) is 5.16 Å². The molecule has 0 saturated heterocycles. The van der Waals surface area contributed by atoms with Gasteiger partial charge >= 0.3 is 5.97 Å². The number of thioether (sulfide) groups is 1. The molecule has 28 heavy (non-hydrogen) atoms. The molecule has 0 aliphatic heterocycles. The van der Waals surface area contributed by atoms with Crippen molar-refractivity contribution in [2.24, 2.45) is 0 Å². The van der Waals surface area contributed by atoms with Crippen molar-refractivity contribution in [3.63, 3.8) is 0 Å². The standard InChI is InChI=1S/C21H20N4O2S/c1-12(2)27-20(26)15-7-5-14(6-8-15)11-28-21-23-19-18(24-25-21)16-10-13(3)4-9-17(16)22-19/h4-10,12H,11H2,1-3H3,(H,22,23,25). The number of ether oxygens (including phenoxy) is 1. The Hall–Kier alpha value is -2.93. The number of carbonyl (C=O) groups is 1. The number of benzene rings is 2. The predicted molar refractivity (Wildman–Crippen MR) is 110 cm³/mol. The van der Waals surface area contributed by atoms with Crippen LogP contribution in [0.5, 0.6) is 0 Å². The second kappa shape index (κ2) is 7.59. The molecule has 142 valence electrons. The summed E-state index contributed by atoms with van der Waals surface area (Å²) < 4.78 is 5.20. The third-order valence-corrected chi connectivity index (χ3v) is 5.16. The van der Waals surface area contributed by atoms with E-state index in [0.717, 1.165) is 27.6 Å². The molecule has 7 heteroatoms. The van der Waals surface area contributed by atoms with E-state index in [0.29, 0.717) is 16.5 Å². The molecular weight excluding hydrogens is 372 g/mol. The van der Waals surface area contributed by atoms with E-state index in [1.54, 1.807) is 12.1 Å². The molecule has 2 aromatic heterocycles. The van der Waals surface area contributed by atoms with Gasteiger partial charge in [0, 0.05) is 16.7 Å². The van der Waals surface area contributed by atoms with Crippen LogP contribution >= 0.6 is 11.8 Å². The number of aryl methyl sites for hydroxylation is 1. The van der Waals surface area contributed by atoms with Crippen LogP contribution in [0.25, 0.3) is 22.1 Å². The smallest absolute Gasteiger partial charge is 0.338 e. The number of H-pyrrole nitrogens is 1. The zero-order valence-corrected chi connectivity index (χ0v) is 16.7. The van der Waals surface area contributed by atoms with E-state index in [1.165, 1.54) is 17.3 Å². The quantitative estimate of drug-likeness (QED) is 0.393. The van der Waals surface area contributed by atoms with Crippen molar-refractivity contribution < 1.29 is 9.53 Å². The lowest BCUT2D eigenvalue weighted by Crippen LogP contribution is -2.11. The normalized spacial score (nSPS) is 11.4. The average molecular weight is 392 g/mol. The third-order valence-electron chi connectivity index (χ3n) is 4.25. The lowest BCUT2D eigenvalue weighted by atomic mass is 10.1. The average Bonchev–Trinajstić information content (AvgIpc) is 3.03. The van der Waals surface area contributed by atoms with Crippen molar-refractivity contribution in [2.45, 2.75) is 37.8 Å². The number of hydrogen-bond acceptors (Lipinski definition) is 6. The lowest BCUT2D eigenvalue weighted by molar-refractivity contribution is 0.0378. The number of aromatic amines is 1. The van der Waals surface area contributed by atoms with Crippen molar-refractivity contribution in [3.05, 3.63) is 59.2 Å². The maximum absolute atomic E-state index is 11.9. The molecule has 6 nitrogen and oxygen atoms in total. The van der Waals surface area contributed by atoms with E-state index in [9.17, 15) is 4.79 Å². The number of esters is 1. The van der Waals surface area contributed by atoms with E-state index < -0.39 is 0 Å². The van der Waals surface area contributed by atoms with E-state index in [4.69, 9.17) is 4.74 Å². The SMILES string of the molecule is Cc1ccc2[nH]c3nc(SCc4ccc(C(=O)OC(C)C)cc4)nnc3c2c1. The van der Waals surface area contributed by atoms with Crippen LogP contribution in [0.15, 0.2) is 47.6 Å². The molecular formula is C21H20N4O2S. The summed E-state index contributed by atoms with van der Waals surface area (Å²) in [5.41, 5.74) is 5.33. The van der Waals surface area contributed by atoms with E-state index >= 15 is 0 Å².